The maximum Gasteiger partial charge on any atom is 0.337 e. The van der Waals surface area contributed by atoms with Gasteiger partial charge < -0.3 is 9.15 Å². The summed E-state index contributed by atoms with van der Waals surface area (Å²) in [6, 6.07) is 10.7. The third kappa shape index (κ3) is 2.71. The average molecular weight is 248 g/mol. The van der Waals surface area contributed by atoms with E-state index in [0.717, 1.165) is 16.2 Å². The Hall–Kier alpha value is -1.68. The third-order valence-corrected chi connectivity index (χ3v) is 3.06. The maximum atomic E-state index is 11.4. The van der Waals surface area contributed by atoms with Gasteiger partial charge in [0, 0.05) is 16.5 Å². The second kappa shape index (κ2) is 5.10. The van der Waals surface area contributed by atoms with Crippen molar-refractivity contribution in [1.82, 2.24) is 0 Å². The summed E-state index contributed by atoms with van der Waals surface area (Å²) in [6.07, 6.45) is 1.92. The molecule has 4 heteroatoms. The molecule has 88 valence electrons. The molecule has 2 rings (SSSR count). The number of ether oxygens (including phenoxy) is 1. The molecule has 1 aromatic carbocycles. The Morgan fingerprint density at radius 1 is 1.18 bits per heavy atom. The number of methoxy groups -OCH3 is 1. The van der Waals surface area contributed by atoms with Crippen LogP contribution >= 0.6 is 11.8 Å². The fourth-order valence-electron chi connectivity index (χ4n) is 1.47. The molecule has 0 saturated heterocycles. The van der Waals surface area contributed by atoms with Gasteiger partial charge in [0.1, 0.15) is 11.5 Å². The Kier molecular flexibility index (Phi) is 3.54. The molecule has 0 amide bonds. The van der Waals surface area contributed by atoms with Crippen LogP contribution in [0.25, 0.3) is 11.3 Å². The molecule has 1 heterocycles. The highest BCUT2D eigenvalue weighted by atomic mass is 32.2. The lowest BCUT2D eigenvalue weighted by Crippen LogP contribution is -1.97. The normalized spacial score (nSPS) is 10.2. The van der Waals surface area contributed by atoms with Crippen LogP contribution in [0.2, 0.25) is 0 Å². The first-order valence-electron chi connectivity index (χ1n) is 5.06. The minimum atomic E-state index is -0.331. The predicted octanol–water partition coefficient (Wildman–Crippen LogP) is 3.04. The van der Waals surface area contributed by atoms with Crippen molar-refractivity contribution in [2.75, 3.05) is 13.4 Å². The lowest BCUT2D eigenvalue weighted by Gasteiger charge is -2.03. The van der Waals surface area contributed by atoms with Crippen molar-refractivity contribution in [3.63, 3.8) is 0 Å². The SMILES string of the molecule is COc1ccc(-c2cc(SC)cc(=O)o2)cc1. The first-order chi connectivity index (χ1) is 8.22. The van der Waals surface area contributed by atoms with Crippen LogP contribution in [0.1, 0.15) is 0 Å². The molecule has 17 heavy (non-hydrogen) atoms. The predicted molar refractivity (Wildman–Crippen MR) is 68.7 cm³/mol. The van der Waals surface area contributed by atoms with Crippen molar-refractivity contribution in [1.29, 1.82) is 0 Å². The zero-order valence-electron chi connectivity index (χ0n) is 9.60. The number of rotatable bonds is 3. The van der Waals surface area contributed by atoms with Gasteiger partial charge in [0.25, 0.3) is 0 Å². The number of hydrogen-bond acceptors (Lipinski definition) is 4. The highest BCUT2D eigenvalue weighted by molar-refractivity contribution is 7.98. The van der Waals surface area contributed by atoms with Crippen LogP contribution < -0.4 is 10.4 Å². The summed E-state index contributed by atoms with van der Waals surface area (Å²) >= 11 is 1.51. The topological polar surface area (TPSA) is 39.4 Å². The molecule has 0 spiro atoms. The maximum absolute atomic E-state index is 11.4. The van der Waals surface area contributed by atoms with E-state index in [1.165, 1.54) is 17.8 Å². The van der Waals surface area contributed by atoms with Crippen LogP contribution in [0.15, 0.2) is 50.5 Å². The Morgan fingerprint density at radius 2 is 1.88 bits per heavy atom. The molecule has 0 aliphatic rings. The van der Waals surface area contributed by atoms with E-state index in [4.69, 9.17) is 9.15 Å². The molecule has 3 nitrogen and oxygen atoms in total. The van der Waals surface area contributed by atoms with E-state index < -0.39 is 0 Å². The summed E-state index contributed by atoms with van der Waals surface area (Å²) in [6.45, 7) is 0. The van der Waals surface area contributed by atoms with Gasteiger partial charge in [-0.2, -0.15) is 0 Å². The van der Waals surface area contributed by atoms with Crippen molar-refractivity contribution in [3.8, 4) is 17.1 Å². The number of hydrogen-bond donors (Lipinski definition) is 0. The van der Waals surface area contributed by atoms with Crippen LogP contribution in [-0.4, -0.2) is 13.4 Å². The molecule has 2 aromatic rings. The van der Waals surface area contributed by atoms with Crippen LogP contribution in [0, 0.1) is 0 Å². The second-order valence-corrected chi connectivity index (χ2v) is 4.29. The lowest BCUT2D eigenvalue weighted by molar-refractivity contribution is 0.415. The highest BCUT2D eigenvalue weighted by Gasteiger charge is 2.04. The van der Waals surface area contributed by atoms with Gasteiger partial charge in [-0.05, 0) is 36.6 Å². The molecule has 0 aliphatic heterocycles. The first kappa shape index (κ1) is 11.8. The molecule has 0 radical (unpaired) electrons. The van der Waals surface area contributed by atoms with Gasteiger partial charge in [-0.3, -0.25) is 0 Å². The Bertz CT molecular complexity index is 558. The van der Waals surface area contributed by atoms with Gasteiger partial charge in [-0.1, -0.05) is 0 Å². The van der Waals surface area contributed by atoms with Crippen LogP contribution in [0.5, 0.6) is 5.75 Å². The molecule has 0 N–H and O–H groups in total. The lowest BCUT2D eigenvalue weighted by atomic mass is 10.1. The molecule has 0 unspecified atom stereocenters. The van der Waals surface area contributed by atoms with Crippen LogP contribution in [0.3, 0.4) is 0 Å². The van der Waals surface area contributed by atoms with E-state index >= 15 is 0 Å². The summed E-state index contributed by atoms with van der Waals surface area (Å²) in [4.78, 5) is 12.3. The molecule has 0 saturated carbocycles. The van der Waals surface area contributed by atoms with Crippen molar-refractivity contribution >= 4 is 11.8 Å². The van der Waals surface area contributed by atoms with E-state index in [1.807, 2.05) is 36.6 Å². The summed E-state index contributed by atoms with van der Waals surface area (Å²) in [5.41, 5.74) is 0.529. The molecule has 0 bridgehead atoms. The van der Waals surface area contributed by atoms with Crippen molar-refractivity contribution in [2.45, 2.75) is 4.90 Å². The van der Waals surface area contributed by atoms with E-state index in [1.54, 1.807) is 7.11 Å². The molecular weight excluding hydrogens is 236 g/mol. The summed E-state index contributed by atoms with van der Waals surface area (Å²) in [5.74, 6) is 1.35. The monoisotopic (exact) mass is 248 g/mol. The van der Waals surface area contributed by atoms with E-state index in [9.17, 15) is 4.79 Å². The Labute approximate surface area is 103 Å². The van der Waals surface area contributed by atoms with Crippen molar-refractivity contribution in [2.24, 2.45) is 0 Å². The van der Waals surface area contributed by atoms with Gasteiger partial charge >= 0.3 is 5.63 Å². The van der Waals surface area contributed by atoms with Gasteiger partial charge in [0.15, 0.2) is 0 Å². The fourth-order valence-corrected chi connectivity index (χ4v) is 1.91. The third-order valence-electron chi connectivity index (χ3n) is 2.35. The number of benzene rings is 1. The zero-order valence-corrected chi connectivity index (χ0v) is 10.4. The summed E-state index contributed by atoms with van der Waals surface area (Å²) < 4.78 is 10.2. The highest BCUT2D eigenvalue weighted by Crippen LogP contribution is 2.24. The van der Waals surface area contributed by atoms with Crippen LogP contribution in [-0.2, 0) is 0 Å². The van der Waals surface area contributed by atoms with Crippen LogP contribution in [0.4, 0.5) is 0 Å². The van der Waals surface area contributed by atoms with E-state index in [0.29, 0.717) is 5.76 Å². The summed E-state index contributed by atoms with van der Waals surface area (Å²) in [5, 5.41) is 0. The molecule has 0 atom stereocenters. The second-order valence-electron chi connectivity index (χ2n) is 3.41. The Balaban J connectivity index is 2.44. The van der Waals surface area contributed by atoms with E-state index in [2.05, 4.69) is 0 Å². The quantitative estimate of drug-likeness (QED) is 0.783. The standard InChI is InChI=1S/C13H12O3S/c1-15-10-5-3-9(4-6-10)12-7-11(17-2)8-13(14)16-12/h3-8H,1-2H3. The van der Waals surface area contributed by atoms with Gasteiger partial charge in [0.2, 0.25) is 0 Å². The zero-order chi connectivity index (χ0) is 12.3. The number of thioether (sulfide) groups is 1. The minimum Gasteiger partial charge on any atom is -0.497 e. The molecule has 0 fully saturated rings. The fraction of sp³-hybridized carbons (Fsp3) is 0.154. The average Bonchev–Trinajstić information content (AvgIpc) is 2.38. The van der Waals surface area contributed by atoms with E-state index in [-0.39, 0.29) is 5.63 Å². The largest absolute Gasteiger partial charge is 0.497 e. The Morgan fingerprint density at radius 3 is 2.47 bits per heavy atom. The first-order valence-corrected chi connectivity index (χ1v) is 6.29. The smallest absolute Gasteiger partial charge is 0.337 e. The van der Waals surface area contributed by atoms with Crippen molar-refractivity contribution < 1.29 is 9.15 Å². The van der Waals surface area contributed by atoms with Gasteiger partial charge in [-0.25, -0.2) is 4.79 Å². The van der Waals surface area contributed by atoms with Gasteiger partial charge in [0.05, 0.1) is 7.11 Å². The molecule has 1 aromatic heterocycles. The molecular formula is C13H12O3S. The minimum absolute atomic E-state index is 0.331. The summed E-state index contributed by atoms with van der Waals surface area (Å²) in [7, 11) is 1.61. The van der Waals surface area contributed by atoms with Crippen molar-refractivity contribution in [3.05, 3.63) is 46.8 Å². The molecule has 0 aliphatic carbocycles. The van der Waals surface area contributed by atoms with Gasteiger partial charge in [-0.15, -0.1) is 11.8 Å².